The molecule has 0 saturated carbocycles. The molecule has 0 amide bonds. The Hall–Kier alpha value is -1.04. The van der Waals surface area contributed by atoms with Crippen LogP contribution in [0, 0.1) is 12.3 Å². The van der Waals surface area contributed by atoms with Gasteiger partial charge in [0.05, 0.1) is 0 Å². The fourth-order valence-corrected chi connectivity index (χ4v) is 2.62. The molecule has 0 unspecified atom stereocenters. The van der Waals surface area contributed by atoms with Crippen molar-refractivity contribution in [2.24, 2.45) is 5.41 Å². The van der Waals surface area contributed by atoms with Crippen LogP contribution in [0.25, 0.3) is 5.57 Å². The van der Waals surface area contributed by atoms with Gasteiger partial charge in [0.15, 0.2) is 0 Å². The van der Waals surface area contributed by atoms with Gasteiger partial charge >= 0.3 is 0 Å². The van der Waals surface area contributed by atoms with Crippen molar-refractivity contribution < 1.29 is 0 Å². The first-order valence-corrected chi connectivity index (χ1v) is 5.74. The van der Waals surface area contributed by atoms with Gasteiger partial charge in [0, 0.05) is 0 Å². The monoisotopic (exact) mass is 200 g/mol. The predicted octanol–water partition coefficient (Wildman–Crippen LogP) is 4.59. The predicted molar refractivity (Wildman–Crippen MR) is 66.8 cm³/mol. The highest BCUT2D eigenvalue weighted by Crippen LogP contribution is 2.45. The standard InChI is InChI=1S/C15H20/c1-11-5-7-13(8-6-11)14-10-15(3,4)9-12(14)2/h5-8H,9-10H2,1-4H3. The molecule has 1 aromatic rings. The second kappa shape index (κ2) is 3.52. The van der Waals surface area contributed by atoms with Crippen LogP contribution in [0.5, 0.6) is 0 Å². The van der Waals surface area contributed by atoms with E-state index in [4.69, 9.17) is 0 Å². The van der Waals surface area contributed by atoms with Gasteiger partial charge in [0.25, 0.3) is 0 Å². The Balaban J connectivity index is 2.33. The van der Waals surface area contributed by atoms with E-state index in [1.54, 1.807) is 11.1 Å². The molecule has 1 aliphatic carbocycles. The smallest absolute Gasteiger partial charge is 0.0219 e. The van der Waals surface area contributed by atoms with Crippen molar-refractivity contribution in [1.29, 1.82) is 0 Å². The summed E-state index contributed by atoms with van der Waals surface area (Å²) in [6.07, 6.45) is 2.47. The lowest BCUT2D eigenvalue weighted by atomic mass is 9.88. The molecule has 0 aromatic heterocycles. The molecule has 0 aliphatic heterocycles. The molecule has 1 aliphatic rings. The van der Waals surface area contributed by atoms with Gasteiger partial charge in [-0.25, -0.2) is 0 Å². The lowest BCUT2D eigenvalue weighted by Gasteiger charge is -2.17. The second-order valence-corrected chi connectivity index (χ2v) is 5.64. The Labute approximate surface area is 93.0 Å². The first-order chi connectivity index (χ1) is 6.98. The average molecular weight is 200 g/mol. The van der Waals surface area contributed by atoms with E-state index >= 15 is 0 Å². The molecule has 0 saturated heterocycles. The lowest BCUT2D eigenvalue weighted by molar-refractivity contribution is 0.397. The van der Waals surface area contributed by atoms with E-state index in [0.717, 1.165) is 0 Å². The van der Waals surface area contributed by atoms with Crippen LogP contribution in [-0.2, 0) is 0 Å². The molecule has 0 heteroatoms. The lowest BCUT2D eigenvalue weighted by Crippen LogP contribution is -2.04. The third-order valence-corrected chi connectivity index (χ3v) is 3.31. The van der Waals surface area contributed by atoms with E-state index in [1.165, 1.54) is 24.0 Å². The summed E-state index contributed by atoms with van der Waals surface area (Å²) in [5.74, 6) is 0. The maximum atomic E-state index is 2.36. The zero-order valence-corrected chi connectivity index (χ0v) is 10.2. The molecule has 0 fully saturated rings. The highest BCUT2D eigenvalue weighted by molar-refractivity contribution is 5.71. The van der Waals surface area contributed by atoms with Crippen molar-refractivity contribution in [3.05, 3.63) is 41.0 Å². The van der Waals surface area contributed by atoms with Crippen molar-refractivity contribution in [1.82, 2.24) is 0 Å². The second-order valence-electron chi connectivity index (χ2n) is 5.64. The number of rotatable bonds is 1. The van der Waals surface area contributed by atoms with E-state index in [-0.39, 0.29) is 0 Å². The highest BCUT2D eigenvalue weighted by Gasteiger charge is 2.28. The average Bonchev–Trinajstić information content (AvgIpc) is 2.41. The summed E-state index contributed by atoms with van der Waals surface area (Å²) in [4.78, 5) is 0. The van der Waals surface area contributed by atoms with Crippen LogP contribution in [0.1, 0.15) is 44.7 Å². The van der Waals surface area contributed by atoms with Crippen LogP contribution in [-0.4, -0.2) is 0 Å². The van der Waals surface area contributed by atoms with E-state index in [2.05, 4.69) is 52.0 Å². The number of benzene rings is 1. The van der Waals surface area contributed by atoms with Crippen molar-refractivity contribution in [2.75, 3.05) is 0 Å². The van der Waals surface area contributed by atoms with Crippen LogP contribution >= 0.6 is 0 Å². The summed E-state index contributed by atoms with van der Waals surface area (Å²) in [6, 6.07) is 8.94. The van der Waals surface area contributed by atoms with Crippen molar-refractivity contribution in [3.8, 4) is 0 Å². The third kappa shape index (κ3) is 2.14. The van der Waals surface area contributed by atoms with Gasteiger partial charge in [0.1, 0.15) is 0 Å². The summed E-state index contributed by atoms with van der Waals surface area (Å²) < 4.78 is 0. The first kappa shape index (κ1) is 10.5. The molecule has 15 heavy (non-hydrogen) atoms. The molecule has 0 nitrogen and oxygen atoms in total. The van der Waals surface area contributed by atoms with Crippen molar-refractivity contribution in [2.45, 2.75) is 40.5 Å². The van der Waals surface area contributed by atoms with Gasteiger partial charge in [-0.05, 0) is 43.2 Å². The molecule has 0 radical (unpaired) electrons. The van der Waals surface area contributed by atoms with Gasteiger partial charge in [0.2, 0.25) is 0 Å². The Morgan fingerprint density at radius 3 is 2.00 bits per heavy atom. The molecule has 0 atom stereocenters. The normalized spacial score (nSPS) is 19.7. The molecule has 80 valence electrons. The molecule has 0 heterocycles. The molecular formula is C15H20. The largest absolute Gasteiger partial charge is 0.0690 e. The fourth-order valence-electron chi connectivity index (χ4n) is 2.62. The maximum absolute atomic E-state index is 2.36. The van der Waals surface area contributed by atoms with Crippen LogP contribution in [0.3, 0.4) is 0 Å². The number of aryl methyl sites for hydroxylation is 1. The topological polar surface area (TPSA) is 0 Å². The molecule has 0 N–H and O–H groups in total. The zero-order valence-electron chi connectivity index (χ0n) is 10.2. The quantitative estimate of drug-likeness (QED) is 0.622. The van der Waals surface area contributed by atoms with Gasteiger partial charge < -0.3 is 0 Å². The Kier molecular flexibility index (Phi) is 2.46. The molecule has 2 rings (SSSR count). The summed E-state index contributed by atoms with van der Waals surface area (Å²) in [5.41, 5.74) is 6.37. The SMILES string of the molecule is CC1=C(c2ccc(C)cc2)CC(C)(C)C1. The highest BCUT2D eigenvalue weighted by atomic mass is 14.3. The van der Waals surface area contributed by atoms with Crippen LogP contribution in [0.2, 0.25) is 0 Å². The third-order valence-electron chi connectivity index (χ3n) is 3.31. The zero-order chi connectivity index (χ0) is 11.1. The number of allylic oxidation sites excluding steroid dienone is 2. The molecule has 0 bridgehead atoms. The van der Waals surface area contributed by atoms with E-state index in [9.17, 15) is 0 Å². The van der Waals surface area contributed by atoms with Crippen LogP contribution < -0.4 is 0 Å². The van der Waals surface area contributed by atoms with Gasteiger partial charge in [-0.2, -0.15) is 0 Å². The minimum atomic E-state index is 0.463. The Bertz CT molecular complexity index is 391. The minimum absolute atomic E-state index is 0.463. The first-order valence-electron chi connectivity index (χ1n) is 5.74. The van der Waals surface area contributed by atoms with Crippen LogP contribution in [0.4, 0.5) is 0 Å². The van der Waals surface area contributed by atoms with E-state index in [0.29, 0.717) is 5.41 Å². The summed E-state index contributed by atoms with van der Waals surface area (Å²) >= 11 is 0. The summed E-state index contributed by atoms with van der Waals surface area (Å²) in [7, 11) is 0. The summed E-state index contributed by atoms with van der Waals surface area (Å²) in [6.45, 7) is 9.14. The van der Waals surface area contributed by atoms with E-state index < -0.39 is 0 Å². The number of hydrogen-bond donors (Lipinski definition) is 0. The Morgan fingerprint density at radius 1 is 0.933 bits per heavy atom. The van der Waals surface area contributed by atoms with Gasteiger partial charge in [-0.3, -0.25) is 0 Å². The Morgan fingerprint density at radius 2 is 1.53 bits per heavy atom. The molecule has 1 aromatic carbocycles. The van der Waals surface area contributed by atoms with Gasteiger partial charge in [-0.1, -0.05) is 49.2 Å². The van der Waals surface area contributed by atoms with Gasteiger partial charge in [-0.15, -0.1) is 0 Å². The van der Waals surface area contributed by atoms with Crippen LogP contribution in [0.15, 0.2) is 29.8 Å². The van der Waals surface area contributed by atoms with E-state index in [1.807, 2.05) is 0 Å². The van der Waals surface area contributed by atoms with Crippen molar-refractivity contribution >= 4 is 5.57 Å². The minimum Gasteiger partial charge on any atom is -0.0690 e. The summed E-state index contributed by atoms with van der Waals surface area (Å²) in [5, 5.41) is 0. The van der Waals surface area contributed by atoms with Crippen molar-refractivity contribution in [3.63, 3.8) is 0 Å². The maximum Gasteiger partial charge on any atom is -0.0219 e. The molecular weight excluding hydrogens is 180 g/mol. The number of hydrogen-bond acceptors (Lipinski definition) is 0. The fraction of sp³-hybridized carbons (Fsp3) is 0.467. The molecule has 0 spiro atoms.